The van der Waals surface area contributed by atoms with Gasteiger partial charge in [0.2, 0.25) is 17.7 Å². The molecule has 0 rings (SSSR count). The molecule has 0 aliphatic carbocycles. The van der Waals surface area contributed by atoms with E-state index < -0.39 is 41.8 Å². The third-order valence-electron chi connectivity index (χ3n) is 3.59. The maximum absolute atomic E-state index is 12.5. The number of carbonyl (C=O) groups is 4. The molecule has 0 aliphatic heterocycles. The molecule has 10 heteroatoms. The maximum atomic E-state index is 12.5. The Kier molecular flexibility index (Phi) is 10.9. The van der Waals surface area contributed by atoms with E-state index in [-0.39, 0.29) is 24.1 Å². The van der Waals surface area contributed by atoms with Crippen molar-refractivity contribution in [1.29, 1.82) is 0 Å². The van der Waals surface area contributed by atoms with Crippen LogP contribution in [0.1, 0.15) is 34.1 Å². The second kappa shape index (κ2) is 11.7. The van der Waals surface area contributed by atoms with Crippen LogP contribution in [0, 0.1) is 11.8 Å². The third kappa shape index (κ3) is 8.52. The van der Waals surface area contributed by atoms with Gasteiger partial charge >= 0.3 is 5.97 Å². The van der Waals surface area contributed by atoms with Gasteiger partial charge in [-0.15, -0.1) is 0 Å². The molecule has 0 aromatic heterocycles. The zero-order valence-corrected chi connectivity index (χ0v) is 16.5. The monoisotopic (exact) mass is 390 g/mol. The van der Waals surface area contributed by atoms with Gasteiger partial charge in [0.15, 0.2) is 0 Å². The van der Waals surface area contributed by atoms with Gasteiger partial charge in [0.05, 0.1) is 6.54 Å². The van der Waals surface area contributed by atoms with Gasteiger partial charge in [-0.25, -0.2) is 4.79 Å². The van der Waals surface area contributed by atoms with E-state index in [1.165, 1.54) is 0 Å². The number of aliphatic carboxylic acids is 1. The van der Waals surface area contributed by atoms with E-state index in [2.05, 4.69) is 28.6 Å². The van der Waals surface area contributed by atoms with E-state index in [0.717, 1.165) is 0 Å². The lowest BCUT2D eigenvalue weighted by Crippen LogP contribution is -2.57. The van der Waals surface area contributed by atoms with Crippen molar-refractivity contribution in [3.05, 3.63) is 0 Å². The molecular formula is C16H30N4O5S. The van der Waals surface area contributed by atoms with Crippen LogP contribution in [-0.4, -0.2) is 59.2 Å². The highest BCUT2D eigenvalue weighted by Crippen LogP contribution is 2.08. The molecule has 0 bridgehead atoms. The molecule has 0 saturated heterocycles. The highest BCUT2D eigenvalue weighted by molar-refractivity contribution is 7.80. The van der Waals surface area contributed by atoms with Crippen LogP contribution in [0.2, 0.25) is 0 Å². The van der Waals surface area contributed by atoms with E-state index in [9.17, 15) is 19.2 Å². The van der Waals surface area contributed by atoms with Crippen molar-refractivity contribution in [3.63, 3.8) is 0 Å². The highest BCUT2D eigenvalue weighted by Gasteiger charge is 2.30. The molecule has 0 aromatic rings. The number of rotatable bonds is 11. The quantitative estimate of drug-likeness (QED) is 0.252. The van der Waals surface area contributed by atoms with Gasteiger partial charge in [-0.3, -0.25) is 14.4 Å². The first kappa shape index (κ1) is 24.2. The standard InChI is InChI=1S/C16H30N4O5S/c1-8(2)5-10(14(22)19-11(7-26)16(24)25)18-15(23)13(9(3)4)20-12(21)6-17/h8-11,13,26H,5-7,17H2,1-4H3,(H,18,23)(H,19,22)(H,20,21)(H,24,25)/t10-,11-,13-/m0/s1. The van der Waals surface area contributed by atoms with E-state index in [0.29, 0.717) is 6.42 Å². The second-order valence-corrected chi connectivity index (χ2v) is 7.13. The fourth-order valence-corrected chi connectivity index (χ4v) is 2.44. The van der Waals surface area contributed by atoms with E-state index in [1.807, 2.05) is 13.8 Å². The van der Waals surface area contributed by atoms with Crippen molar-refractivity contribution in [2.24, 2.45) is 17.6 Å². The molecular weight excluding hydrogens is 360 g/mol. The summed E-state index contributed by atoms with van der Waals surface area (Å²) in [6.07, 6.45) is 0.312. The number of carbonyl (C=O) groups excluding carboxylic acids is 3. The van der Waals surface area contributed by atoms with Crippen LogP contribution in [0.25, 0.3) is 0 Å². The Morgan fingerprint density at radius 1 is 0.962 bits per heavy atom. The largest absolute Gasteiger partial charge is 0.480 e. The minimum atomic E-state index is -1.21. The lowest BCUT2D eigenvalue weighted by molar-refractivity contribution is -0.141. The summed E-state index contributed by atoms with van der Waals surface area (Å²) in [7, 11) is 0. The van der Waals surface area contributed by atoms with Gasteiger partial charge in [0.1, 0.15) is 18.1 Å². The number of hydrogen-bond acceptors (Lipinski definition) is 6. The molecule has 0 aromatic carbocycles. The molecule has 150 valence electrons. The highest BCUT2D eigenvalue weighted by atomic mass is 32.1. The molecule has 0 heterocycles. The topological polar surface area (TPSA) is 151 Å². The average Bonchev–Trinajstić information content (AvgIpc) is 2.54. The van der Waals surface area contributed by atoms with Gasteiger partial charge in [-0.2, -0.15) is 12.6 Å². The molecule has 0 fully saturated rings. The summed E-state index contributed by atoms with van der Waals surface area (Å²) in [6, 6.07) is -2.94. The van der Waals surface area contributed by atoms with E-state index in [4.69, 9.17) is 10.8 Å². The lowest BCUT2D eigenvalue weighted by atomic mass is 9.99. The zero-order chi connectivity index (χ0) is 20.4. The molecule has 0 saturated carbocycles. The van der Waals surface area contributed by atoms with Gasteiger partial charge in [-0.1, -0.05) is 27.7 Å². The molecule has 6 N–H and O–H groups in total. The first-order valence-corrected chi connectivity index (χ1v) is 9.10. The maximum Gasteiger partial charge on any atom is 0.327 e. The zero-order valence-electron chi connectivity index (χ0n) is 15.6. The summed E-state index contributed by atoms with van der Waals surface area (Å²) < 4.78 is 0. The van der Waals surface area contributed by atoms with Gasteiger partial charge in [0.25, 0.3) is 0 Å². The SMILES string of the molecule is CC(C)C[C@H](NC(=O)[C@@H](NC(=O)CN)C(C)C)C(=O)N[C@@H](CS)C(=O)O. The Morgan fingerprint density at radius 2 is 1.50 bits per heavy atom. The van der Waals surface area contributed by atoms with Crippen LogP contribution >= 0.6 is 12.6 Å². The molecule has 9 nitrogen and oxygen atoms in total. The summed E-state index contributed by atoms with van der Waals surface area (Å²) >= 11 is 3.90. The third-order valence-corrected chi connectivity index (χ3v) is 3.95. The normalized spacial score (nSPS) is 14.5. The van der Waals surface area contributed by atoms with Gasteiger partial charge in [0, 0.05) is 5.75 Å². The fraction of sp³-hybridized carbons (Fsp3) is 0.750. The number of carboxylic acids is 1. The number of amides is 3. The first-order chi connectivity index (χ1) is 12.0. The van der Waals surface area contributed by atoms with Crippen molar-refractivity contribution in [2.45, 2.75) is 52.2 Å². The predicted molar refractivity (Wildman–Crippen MR) is 101 cm³/mol. The van der Waals surface area contributed by atoms with Gasteiger partial charge in [-0.05, 0) is 18.3 Å². The fourth-order valence-electron chi connectivity index (χ4n) is 2.19. The molecule has 3 atom stereocenters. The van der Waals surface area contributed by atoms with Crippen LogP contribution < -0.4 is 21.7 Å². The van der Waals surface area contributed by atoms with Crippen molar-refractivity contribution in [2.75, 3.05) is 12.3 Å². The van der Waals surface area contributed by atoms with Crippen molar-refractivity contribution >= 4 is 36.3 Å². The minimum Gasteiger partial charge on any atom is -0.480 e. The van der Waals surface area contributed by atoms with E-state index >= 15 is 0 Å². The molecule has 3 amide bonds. The second-order valence-electron chi connectivity index (χ2n) is 6.77. The summed E-state index contributed by atoms with van der Waals surface area (Å²) in [4.78, 5) is 47.6. The van der Waals surface area contributed by atoms with Crippen molar-refractivity contribution < 1.29 is 24.3 Å². The summed E-state index contributed by atoms with van der Waals surface area (Å²) in [5.74, 6) is -3.06. The number of nitrogens with one attached hydrogen (secondary N) is 3. The van der Waals surface area contributed by atoms with Crippen molar-refractivity contribution in [1.82, 2.24) is 16.0 Å². The molecule has 0 aliphatic rings. The predicted octanol–water partition coefficient (Wildman–Crippen LogP) is -0.884. The van der Waals surface area contributed by atoms with Gasteiger partial charge < -0.3 is 26.8 Å². The molecule has 26 heavy (non-hydrogen) atoms. The number of nitrogens with two attached hydrogens (primary N) is 1. The Balaban J connectivity index is 5.22. The van der Waals surface area contributed by atoms with Crippen LogP contribution in [-0.2, 0) is 19.2 Å². The van der Waals surface area contributed by atoms with Crippen molar-refractivity contribution in [3.8, 4) is 0 Å². The summed E-state index contributed by atoms with van der Waals surface area (Å²) in [5, 5.41) is 16.5. The van der Waals surface area contributed by atoms with Crippen LogP contribution in [0.15, 0.2) is 0 Å². The molecule has 0 spiro atoms. The Labute approximate surface area is 159 Å². The first-order valence-electron chi connectivity index (χ1n) is 8.47. The number of carboxylic acid groups (broad SMARTS) is 1. The minimum absolute atomic E-state index is 0.0708. The average molecular weight is 391 g/mol. The lowest BCUT2D eigenvalue weighted by Gasteiger charge is -2.26. The molecule has 0 unspecified atom stereocenters. The summed E-state index contributed by atoms with van der Waals surface area (Å²) in [5.41, 5.74) is 5.26. The Hall–Kier alpha value is -1.81. The van der Waals surface area contributed by atoms with Crippen LogP contribution in [0.4, 0.5) is 0 Å². The number of hydrogen-bond donors (Lipinski definition) is 6. The van der Waals surface area contributed by atoms with E-state index in [1.54, 1.807) is 13.8 Å². The number of thiol groups is 1. The summed E-state index contributed by atoms with van der Waals surface area (Å²) in [6.45, 7) is 6.99. The molecule has 0 radical (unpaired) electrons. The Bertz CT molecular complexity index is 513. The Morgan fingerprint density at radius 3 is 1.88 bits per heavy atom. The smallest absolute Gasteiger partial charge is 0.327 e. The van der Waals surface area contributed by atoms with Crippen LogP contribution in [0.3, 0.4) is 0 Å². The van der Waals surface area contributed by atoms with Crippen LogP contribution in [0.5, 0.6) is 0 Å².